The summed E-state index contributed by atoms with van der Waals surface area (Å²) in [6.07, 6.45) is -4.66. The number of nitrogens with one attached hydrogen (secondary N) is 1. The molecule has 2 aromatic rings. The molecule has 6 nitrogen and oxygen atoms in total. The number of rotatable bonds is 1. The lowest BCUT2D eigenvalue weighted by molar-refractivity contribution is -0.142. The molecular formula is C9H6F3N3O3S. The van der Waals surface area contributed by atoms with E-state index in [1.807, 2.05) is 0 Å². The second kappa shape index (κ2) is 4.53. The van der Waals surface area contributed by atoms with Crippen molar-refractivity contribution in [1.82, 2.24) is 14.6 Å². The molecule has 2 rings (SSSR count). The zero-order valence-electron chi connectivity index (χ0n) is 9.32. The van der Waals surface area contributed by atoms with Gasteiger partial charge < -0.3 is 9.47 Å². The van der Waals surface area contributed by atoms with Gasteiger partial charge in [-0.05, 0) is 0 Å². The average molecular weight is 293 g/mol. The van der Waals surface area contributed by atoms with E-state index in [4.69, 9.17) is 0 Å². The molecule has 2 aromatic heterocycles. The van der Waals surface area contributed by atoms with E-state index in [-0.39, 0.29) is 16.0 Å². The highest BCUT2D eigenvalue weighted by Crippen LogP contribution is 2.31. The van der Waals surface area contributed by atoms with Crippen LogP contribution in [0.15, 0.2) is 12.3 Å². The molecule has 2 heterocycles. The van der Waals surface area contributed by atoms with Gasteiger partial charge in [-0.2, -0.15) is 13.2 Å². The summed E-state index contributed by atoms with van der Waals surface area (Å²) in [7, 11) is 1.07. The van der Waals surface area contributed by atoms with Crippen LogP contribution >= 0.6 is 12.2 Å². The summed E-state index contributed by atoms with van der Waals surface area (Å²) in [4.78, 5) is 14.7. The monoisotopic (exact) mass is 293 g/mol. The highest BCUT2D eigenvalue weighted by atomic mass is 32.1. The van der Waals surface area contributed by atoms with Crippen LogP contribution in [-0.2, 0) is 10.9 Å². The van der Waals surface area contributed by atoms with E-state index in [9.17, 15) is 18.0 Å². The molecule has 0 aliphatic carbocycles. The first kappa shape index (κ1) is 13.3. The molecule has 0 spiro atoms. The van der Waals surface area contributed by atoms with Crippen molar-refractivity contribution >= 4 is 24.0 Å². The first-order valence-electron chi connectivity index (χ1n) is 4.77. The number of hydrogen-bond donors (Lipinski definition) is 1. The number of halogens is 3. The van der Waals surface area contributed by atoms with E-state index in [0.29, 0.717) is 10.6 Å². The van der Waals surface area contributed by atoms with E-state index in [2.05, 4.69) is 31.8 Å². The normalized spacial score (nSPS) is 11.6. The molecule has 0 amide bonds. The first-order chi connectivity index (χ1) is 8.82. The summed E-state index contributed by atoms with van der Waals surface area (Å²) >= 11 is 4.65. The Bertz CT molecular complexity index is 691. The van der Waals surface area contributed by atoms with E-state index in [1.54, 1.807) is 0 Å². The summed E-state index contributed by atoms with van der Waals surface area (Å²) < 4.78 is 47.6. The number of nitrogens with zero attached hydrogens (tertiary/aromatic N) is 2. The first-order valence-corrected chi connectivity index (χ1v) is 5.18. The van der Waals surface area contributed by atoms with Gasteiger partial charge in [0.05, 0.1) is 13.3 Å². The van der Waals surface area contributed by atoms with Gasteiger partial charge in [0.25, 0.3) is 0 Å². The van der Waals surface area contributed by atoms with Gasteiger partial charge in [0.1, 0.15) is 10.3 Å². The third-order valence-corrected chi connectivity index (χ3v) is 2.33. The highest BCUT2D eigenvalue weighted by Gasteiger charge is 2.35. The van der Waals surface area contributed by atoms with Crippen LogP contribution in [0.2, 0.25) is 0 Å². The Morgan fingerprint density at radius 1 is 1.53 bits per heavy atom. The molecule has 0 atom stereocenters. The van der Waals surface area contributed by atoms with Crippen LogP contribution in [0.5, 0.6) is 5.75 Å². The Balaban J connectivity index is 2.64. The predicted octanol–water partition coefficient (Wildman–Crippen LogP) is 2.56. The number of carbonyl (C=O) groups excluding carboxylic acids is 1. The summed E-state index contributed by atoms with van der Waals surface area (Å²) in [5.74, 6) is -0.218. The van der Waals surface area contributed by atoms with Crippen LogP contribution < -0.4 is 4.74 Å². The van der Waals surface area contributed by atoms with E-state index in [0.717, 1.165) is 13.3 Å². The van der Waals surface area contributed by atoms with Crippen LogP contribution in [0.3, 0.4) is 0 Å². The molecule has 0 saturated carbocycles. The van der Waals surface area contributed by atoms with Crippen molar-refractivity contribution in [3.05, 3.63) is 22.6 Å². The molecular weight excluding hydrogens is 287 g/mol. The van der Waals surface area contributed by atoms with Crippen molar-refractivity contribution in [3.8, 4) is 5.75 Å². The standard InChI is InChI=1S/C9H6F3N3O3S/c1-17-8(16)18-4-3-13-15-5(9(10,11)12)2-6(19)14-7(4)15/h2-3,13H,1H3. The molecule has 10 heteroatoms. The van der Waals surface area contributed by atoms with Gasteiger partial charge in [-0.25, -0.2) is 14.3 Å². The Morgan fingerprint density at radius 3 is 2.79 bits per heavy atom. The SMILES string of the molecule is COC(=O)Oc1c[nH]n2c(C(F)(F)F)cc(=S)nc12. The molecule has 0 bridgehead atoms. The number of alkyl halides is 3. The lowest BCUT2D eigenvalue weighted by Gasteiger charge is -2.08. The molecule has 0 unspecified atom stereocenters. The maximum atomic E-state index is 12.8. The molecule has 102 valence electrons. The van der Waals surface area contributed by atoms with Gasteiger partial charge in [-0.3, -0.25) is 5.10 Å². The quantitative estimate of drug-likeness (QED) is 0.646. The Morgan fingerprint density at radius 2 is 2.21 bits per heavy atom. The van der Waals surface area contributed by atoms with Crippen LogP contribution in [-0.4, -0.2) is 27.9 Å². The van der Waals surface area contributed by atoms with E-state index < -0.39 is 18.0 Å². The minimum Gasteiger partial charge on any atom is -0.437 e. The Kier molecular flexibility index (Phi) is 3.18. The second-order valence-corrected chi connectivity index (χ2v) is 3.75. The summed E-state index contributed by atoms with van der Waals surface area (Å²) in [6, 6.07) is 0.695. The number of carbonyl (C=O) groups is 1. The van der Waals surface area contributed by atoms with Gasteiger partial charge in [0.15, 0.2) is 11.4 Å². The number of fused-ring (bicyclic) bond motifs is 1. The van der Waals surface area contributed by atoms with Crippen molar-refractivity contribution in [2.75, 3.05) is 7.11 Å². The lowest BCUT2D eigenvalue weighted by Crippen LogP contribution is -2.13. The van der Waals surface area contributed by atoms with Gasteiger partial charge in [-0.1, -0.05) is 12.2 Å². The smallest absolute Gasteiger partial charge is 0.437 e. The largest absolute Gasteiger partial charge is 0.513 e. The molecule has 0 fully saturated rings. The number of methoxy groups -OCH3 is 1. The topological polar surface area (TPSA) is 68.6 Å². The average Bonchev–Trinajstić information content (AvgIpc) is 2.70. The zero-order valence-corrected chi connectivity index (χ0v) is 10.1. The number of aromatic amines is 1. The molecule has 0 aliphatic heterocycles. The Labute approximate surface area is 108 Å². The number of ether oxygens (including phenoxy) is 2. The third kappa shape index (κ3) is 2.52. The van der Waals surface area contributed by atoms with Gasteiger partial charge in [-0.15, -0.1) is 0 Å². The van der Waals surface area contributed by atoms with Crippen molar-refractivity contribution in [1.29, 1.82) is 0 Å². The van der Waals surface area contributed by atoms with Crippen molar-refractivity contribution < 1.29 is 27.4 Å². The summed E-state index contributed by atoms with van der Waals surface area (Å²) in [6.45, 7) is 0. The number of H-pyrrole nitrogens is 1. The fraction of sp³-hybridized carbons (Fsp3) is 0.222. The van der Waals surface area contributed by atoms with Crippen LogP contribution in [0, 0.1) is 4.64 Å². The fourth-order valence-electron chi connectivity index (χ4n) is 1.38. The van der Waals surface area contributed by atoms with Gasteiger partial charge in [0, 0.05) is 6.07 Å². The van der Waals surface area contributed by atoms with E-state index in [1.165, 1.54) is 0 Å². The second-order valence-electron chi connectivity index (χ2n) is 3.33. The minimum absolute atomic E-state index is 0.218. The zero-order chi connectivity index (χ0) is 14.2. The molecule has 1 N–H and O–H groups in total. The molecule has 0 aliphatic rings. The van der Waals surface area contributed by atoms with Crippen molar-refractivity contribution in [2.45, 2.75) is 6.18 Å². The summed E-state index contributed by atoms with van der Waals surface area (Å²) in [5, 5.41) is 2.28. The number of hydrogen-bond acceptors (Lipinski definition) is 5. The molecule has 0 radical (unpaired) electrons. The van der Waals surface area contributed by atoms with Gasteiger partial charge >= 0.3 is 12.3 Å². The number of aromatic nitrogens is 3. The summed E-state index contributed by atoms with van der Waals surface area (Å²) in [5.41, 5.74) is -1.31. The maximum absolute atomic E-state index is 12.8. The fourth-order valence-corrected chi connectivity index (χ4v) is 1.58. The van der Waals surface area contributed by atoms with Crippen molar-refractivity contribution in [3.63, 3.8) is 0 Å². The van der Waals surface area contributed by atoms with Crippen LogP contribution in [0.1, 0.15) is 5.69 Å². The Hall–Kier alpha value is -2.10. The van der Waals surface area contributed by atoms with Crippen molar-refractivity contribution in [2.24, 2.45) is 0 Å². The van der Waals surface area contributed by atoms with E-state index >= 15 is 0 Å². The van der Waals surface area contributed by atoms with Crippen LogP contribution in [0.4, 0.5) is 18.0 Å². The predicted molar refractivity (Wildman–Crippen MR) is 58.4 cm³/mol. The molecule has 0 aromatic carbocycles. The molecule has 19 heavy (non-hydrogen) atoms. The molecule has 0 saturated heterocycles. The van der Waals surface area contributed by atoms with Gasteiger partial charge in [0.2, 0.25) is 0 Å². The highest BCUT2D eigenvalue weighted by molar-refractivity contribution is 7.71. The third-order valence-electron chi connectivity index (χ3n) is 2.12. The minimum atomic E-state index is -4.63. The lowest BCUT2D eigenvalue weighted by atomic mass is 10.4. The van der Waals surface area contributed by atoms with Crippen LogP contribution in [0.25, 0.3) is 5.65 Å². The maximum Gasteiger partial charge on any atom is 0.513 e.